The number of carbonyl (C=O) groups is 2. The monoisotopic (exact) mass is 669 g/mol. The zero-order chi connectivity index (χ0) is 34.0. The first kappa shape index (κ1) is 37.3. The molecule has 0 amide bonds. The molecule has 1 aliphatic heterocycles. The summed E-state index contributed by atoms with van der Waals surface area (Å²) in [6.45, 7) is 7.39. The Morgan fingerprint density at radius 1 is 0.625 bits per heavy atom. The van der Waals surface area contributed by atoms with Gasteiger partial charge in [0.05, 0.1) is 35.7 Å². The van der Waals surface area contributed by atoms with Crippen molar-refractivity contribution in [3.63, 3.8) is 0 Å². The Kier molecular flexibility index (Phi) is 16.1. The van der Waals surface area contributed by atoms with Crippen LogP contribution in [0.5, 0.6) is 0 Å². The van der Waals surface area contributed by atoms with Crippen LogP contribution in [0.25, 0.3) is 12.2 Å². The molecule has 1 heterocycles. The predicted octanol–water partition coefficient (Wildman–Crippen LogP) is 12.3. The smallest absolute Gasteiger partial charge is 0.338 e. The van der Waals surface area contributed by atoms with Gasteiger partial charge in [-0.3, -0.25) is 0 Å². The summed E-state index contributed by atoms with van der Waals surface area (Å²) in [7, 11) is 0. The Labute approximate surface area is 293 Å². The SMILES string of the molecule is CCCCCCCCCCCCCCCCN1c2ccccc2Sc2ccc(C=Cc3cc(C(=O)OCC)ccc3C(=O)OCC)cc21. The predicted molar refractivity (Wildman–Crippen MR) is 202 cm³/mol. The highest BCUT2D eigenvalue weighted by Gasteiger charge is 2.23. The minimum atomic E-state index is -0.412. The van der Waals surface area contributed by atoms with Crippen LogP contribution in [0.1, 0.15) is 143 Å². The van der Waals surface area contributed by atoms with E-state index in [2.05, 4.69) is 54.3 Å². The Morgan fingerprint density at radius 2 is 1.23 bits per heavy atom. The van der Waals surface area contributed by atoms with E-state index in [-0.39, 0.29) is 13.2 Å². The fourth-order valence-corrected chi connectivity index (χ4v) is 7.35. The number of benzene rings is 3. The van der Waals surface area contributed by atoms with Gasteiger partial charge in [0.15, 0.2) is 0 Å². The van der Waals surface area contributed by atoms with Crippen molar-refractivity contribution >= 4 is 47.2 Å². The van der Waals surface area contributed by atoms with Gasteiger partial charge in [0, 0.05) is 16.3 Å². The molecule has 6 heteroatoms. The van der Waals surface area contributed by atoms with Crippen LogP contribution >= 0.6 is 11.8 Å². The molecule has 0 aliphatic carbocycles. The van der Waals surface area contributed by atoms with Crippen LogP contribution in [0.4, 0.5) is 11.4 Å². The number of hydrogen-bond donors (Lipinski definition) is 0. The summed E-state index contributed by atoms with van der Waals surface area (Å²) in [5.74, 6) is -0.823. The third-order valence-corrected chi connectivity index (χ3v) is 10.0. The average molecular weight is 670 g/mol. The van der Waals surface area contributed by atoms with Gasteiger partial charge in [-0.15, -0.1) is 0 Å². The minimum absolute atomic E-state index is 0.278. The Bertz CT molecular complexity index is 1480. The second-order valence-corrected chi connectivity index (χ2v) is 13.7. The van der Waals surface area contributed by atoms with E-state index in [0.717, 1.165) is 18.5 Å². The number of fused-ring (bicyclic) bond motifs is 2. The Balaban J connectivity index is 1.38. The summed E-state index contributed by atoms with van der Waals surface area (Å²) < 4.78 is 10.5. The average Bonchev–Trinajstić information content (AvgIpc) is 3.10. The van der Waals surface area contributed by atoms with Gasteiger partial charge in [-0.05, 0) is 73.9 Å². The fourth-order valence-electron chi connectivity index (χ4n) is 6.28. The van der Waals surface area contributed by atoms with E-state index < -0.39 is 11.9 Å². The molecular weight excluding hydrogens is 615 g/mol. The van der Waals surface area contributed by atoms with E-state index in [0.29, 0.717) is 16.7 Å². The summed E-state index contributed by atoms with van der Waals surface area (Å²) in [6, 6.07) is 20.2. The number of ether oxygens (including phenoxy) is 2. The van der Waals surface area contributed by atoms with Crippen LogP contribution in [-0.4, -0.2) is 31.7 Å². The van der Waals surface area contributed by atoms with Gasteiger partial charge in [0.25, 0.3) is 0 Å². The molecule has 0 atom stereocenters. The lowest BCUT2D eigenvalue weighted by molar-refractivity contribution is 0.0511. The number of para-hydroxylation sites is 1. The van der Waals surface area contributed by atoms with Gasteiger partial charge in [0.2, 0.25) is 0 Å². The normalized spacial score (nSPS) is 12.2. The van der Waals surface area contributed by atoms with E-state index >= 15 is 0 Å². The second-order valence-electron chi connectivity index (χ2n) is 12.6. The highest BCUT2D eigenvalue weighted by Crippen LogP contribution is 2.48. The van der Waals surface area contributed by atoms with E-state index in [1.54, 1.807) is 32.0 Å². The Morgan fingerprint density at radius 3 is 1.90 bits per heavy atom. The van der Waals surface area contributed by atoms with Crippen molar-refractivity contribution in [3.05, 3.63) is 82.9 Å². The maximum atomic E-state index is 12.7. The quantitative estimate of drug-likeness (QED) is 0.0639. The minimum Gasteiger partial charge on any atom is -0.462 e. The Hall–Kier alpha value is -3.51. The highest BCUT2D eigenvalue weighted by atomic mass is 32.2. The molecule has 0 N–H and O–H groups in total. The van der Waals surface area contributed by atoms with Crippen LogP contribution in [0.15, 0.2) is 70.5 Å². The van der Waals surface area contributed by atoms with Crippen molar-refractivity contribution in [2.24, 2.45) is 0 Å². The fraction of sp³-hybridized carbons (Fsp3) is 0.476. The molecule has 0 spiro atoms. The third-order valence-electron chi connectivity index (χ3n) is 8.90. The van der Waals surface area contributed by atoms with E-state index in [1.807, 2.05) is 23.9 Å². The van der Waals surface area contributed by atoms with Crippen molar-refractivity contribution in [1.29, 1.82) is 0 Å². The molecular formula is C42H55NO4S. The molecule has 0 fully saturated rings. The van der Waals surface area contributed by atoms with Crippen molar-refractivity contribution in [3.8, 4) is 0 Å². The van der Waals surface area contributed by atoms with Gasteiger partial charge in [0.1, 0.15) is 0 Å². The summed E-state index contributed by atoms with van der Waals surface area (Å²) >= 11 is 1.82. The topological polar surface area (TPSA) is 55.8 Å². The molecule has 5 nitrogen and oxygen atoms in total. The molecule has 0 radical (unpaired) electrons. The van der Waals surface area contributed by atoms with Gasteiger partial charge < -0.3 is 14.4 Å². The van der Waals surface area contributed by atoms with E-state index in [1.165, 1.54) is 105 Å². The van der Waals surface area contributed by atoms with Crippen LogP contribution in [0, 0.1) is 0 Å². The van der Waals surface area contributed by atoms with E-state index in [4.69, 9.17) is 9.47 Å². The molecule has 0 aromatic heterocycles. The maximum absolute atomic E-state index is 12.7. The summed E-state index contributed by atoms with van der Waals surface area (Å²) in [5.41, 5.74) is 4.94. The van der Waals surface area contributed by atoms with Crippen molar-refractivity contribution < 1.29 is 19.1 Å². The third kappa shape index (κ3) is 11.3. The number of esters is 2. The van der Waals surface area contributed by atoms with Gasteiger partial charge in [-0.1, -0.05) is 133 Å². The summed E-state index contributed by atoms with van der Waals surface area (Å²) in [6.07, 6.45) is 22.8. The largest absolute Gasteiger partial charge is 0.462 e. The summed E-state index contributed by atoms with van der Waals surface area (Å²) in [4.78, 5) is 30.2. The van der Waals surface area contributed by atoms with Crippen molar-refractivity contribution in [2.45, 2.75) is 120 Å². The zero-order valence-corrected chi connectivity index (χ0v) is 30.3. The number of hydrogen-bond acceptors (Lipinski definition) is 6. The molecule has 1 aliphatic rings. The lowest BCUT2D eigenvalue weighted by atomic mass is 10.0. The maximum Gasteiger partial charge on any atom is 0.338 e. The van der Waals surface area contributed by atoms with Gasteiger partial charge >= 0.3 is 11.9 Å². The highest BCUT2D eigenvalue weighted by molar-refractivity contribution is 7.99. The van der Waals surface area contributed by atoms with Gasteiger partial charge in [-0.25, -0.2) is 9.59 Å². The van der Waals surface area contributed by atoms with E-state index in [9.17, 15) is 9.59 Å². The lowest BCUT2D eigenvalue weighted by Gasteiger charge is -2.33. The van der Waals surface area contributed by atoms with Crippen LogP contribution in [0.3, 0.4) is 0 Å². The second kappa shape index (κ2) is 20.8. The molecule has 258 valence electrons. The van der Waals surface area contributed by atoms with Crippen LogP contribution in [-0.2, 0) is 9.47 Å². The van der Waals surface area contributed by atoms with Gasteiger partial charge in [-0.2, -0.15) is 0 Å². The molecule has 0 saturated heterocycles. The van der Waals surface area contributed by atoms with Crippen molar-refractivity contribution in [1.82, 2.24) is 0 Å². The first-order valence-electron chi connectivity index (χ1n) is 18.4. The first-order valence-corrected chi connectivity index (χ1v) is 19.2. The number of unbranched alkanes of at least 4 members (excludes halogenated alkanes) is 13. The number of nitrogens with zero attached hydrogens (tertiary/aromatic N) is 1. The molecule has 0 unspecified atom stereocenters. The standard InChI is InChI=1S/C42H55NO4S/c1-4-7-8-9-10-11-12-13-14-15-16-17-18-21-30-43-37-22-19-20-23-39(37)48-40-29-25-33(31-38(40)43)24-26-34-32-35(41(44)46-5-2)27-28-36(34)42(45)47-6-3/h19-20,22-29,31-32H,4-18,21,30H2,1-3H3. The number of rotatable bonds is 21. The zero-order valence-electron chi connectivity index (χ0n) is 29.4. The molecule has 3 aromatic rings. The molecule has 0 saturated carbocycles. The van der Waals surface area contributed by atoms with Crippen LogP contribution < -0.4 is 4.90 Å². The number of anilines is 2. The van der Waals surface area contributed by atoms with Crippen molar-refractivity contribution in [2.75, 3.05) is 24.7 Å². The lowest BCUT2D eigenvalue weighted by Crippen LogP contribution is -2.22. The summed E-state index contributed by atoms with van der Waals surface area (Å²) in [5, 5.41) is 0. The molecule has 48 heavy (non-hydrogen) atoms. The first-order chi connectivity index (χ1) is 23.5. The number of carbonyl (C=O) groups excluding carboxylic acids is 2. The van der Waals surface area contributed by atoms with Crippen LogP contribution in [0.2, 0.25) is 0 Å². The molecule has 4 rings (SSSR count). The molecule has 0 bridgehead atoms. The molecule has 3 aromatic carbocycles.